The van der Waals surface area contributed by atoms with Crippen LogP contribution in [0.5, 0.6) is 5.75 Å². The molecule has 2 aromatic carbocycles. The summed E-state index contributed by atoms with van der Waals surface area (Å²) in [5.74, 6) is 1.21. The summed E-state index contributed by atoms with van der Waals surface area (Å²) in [6.07, 6.45) is 3.42. The van der Waals surface area contributed by atoms with Gasteiger partial charge in [0.05, 0.1) is 30.0 Å². The molecule has 0 aliphatic heterocycles. The molecule has 0 aliphatic rings. The number of oxazole rings is 1. The fourth-order valence-electron chi connectivity index (χ4n) is 2.42. The number of ether oxygens (including phenoxy) is 1. The minimum Gasteiger partial charge on any atom is -0.495 e. The molecule has 24 heavy (non-hydrogen) atoms. The molecule has 0 fully saturated rings. The molecule has 0 spiro atoms. The molecular weight excluding hydrogens is 328 g/mol. The van der Waals surface area contributed by atoms with E-state index in [4.69, 9.17) is 20.8 Å². The minimum atomic E-state index is 0.404. The molecule has 2 N–H and O–H groups in total. The molecular formula is C17H13ClN4O2. The summed E-state index contributed by atoms with van der Waals surface area (Å²) in [4.78, 5) is 4.26. The average molecular weight is 341 g/mol. The Morgan fingerprint density at radius 2 is 2.08 bits per heavy atom. The summed E-state index contributed by atoms with van der Waals surface area (Å²) in [6, 6.07) is 11.7. The number of aromatic amines is 1. The van der Waals surface area contributed by atoms with Crippen LogP contribution in [0.3, 0.4) is 0 Å². The van der Waals surface area contributed by atoms with Crippen LogP contribution in [0, 0.1) is 0 Å². The third-order valence-corrected chi connectivity index (χ3v) is 3.95. The minimum absolute atomic E-state index is 0.404. The van der Waals surface area contributed by atoms with Crippen LogP contribution in [0.4, 0.5) is 11.7 Å². The van der Waals surface area contributed by atoms with E-state index in [0.717, 1.165) is 22.2 Å². The monoisotopic (exact) mass is 340 g/mol. The predicted octanol–water partition coefficient (Wildman–Crippen LogP) is 4.62. The molecule has 0 bridgehead atoms. The van der Waals surface area contributed by atoms with Crippen molar-refractivity contribution < 1.29 is 9.15 Å². The van der Waals surface area contributed by atoms with Gasteiger partial charge >= 0.3 is 0 Å². The third kappa shape index (κ3) is 2.68. The number of anilines is 2. The summed E-state index contributed by atoms with van der Waals surface area (Å²) in [5, 5.41) is 11.6. The standard InChI is InChI=1S/C17H13ClN4O2/c1-23-15-7-10(2-4-13(15)18)16-9-19-17(24-16)21-12-3-5-14-11(6-12)8-20-22-14/h2-9H,1H3,(H,19,21)(H,20,22). The van der Waals surface area contributed by atoms with Crippen LogP contribution in [0.15, 0.2) is 53.2 Å². The summed E-state index contributed by atoms with van der Waals surface area (Å²) in [6.45, 7) is 0. The number of fused-ring (bicyclic) bond motifs is 1. The number of aromatic nitrogens is 3. The van der Waals surface area contributed by atoms with Crippen LogP contribution in [0.25, 0.3) is 22.2 Å². The largest absolute Gasteiger partial charge is 0.495 e. The Labute approximate surface area is 142 Å². The average Bonchev–Trinajstić information content (AvgIpc) is 3.24. The van der Waals surface area contributed by atoms with Crippen molar-refractivity contribution in [3.05, 3.63) is 53.8 Å². The van der Waals surface area contributed by atoms with E-state index in [1.54, 1.807) is 25.6 Å². The maximum absolute atomic E-state index is 6.04. The molecule has 0 amide bonds. The van der Waals surface area contributed by atoms with Gasteiger partial charge in [-0.2, -0.15) is 5.10 Å². The molecule has 4 aromatic rings. The van der Waals surface area contributed by atoms with Crippen LogP contribution >= 0.6 is 11.6 Å². The van der Waals surface area contributed by atoms with Gasteiger partial charge in [-0.05, 0) is 36.4 Å². The Balaban J connectivity index is 1.60. The van der Waals surface area contributed by atoms with Gasteiger partial charge in [0.25, 0.3) is 6.01 Å². The van der Waals surface area contributed by atoms with Crippen molar-refractivity contribution in [1.29, 1.82) is 0 Å². The highest BCUT2D eigenvalue weighted by molar-refractivity contribution is 6.32. The molecule has 2 aromatic heterocycles. The van der Waals surface area contributed by atoms with Gasteiger partial charge in [-0.15, -0.1) is 0 Å². The summed E-state index contributed by atoms with van der Waals surface area (Å²) in [7, 11) is 1.57. The van der Waals surface area contributed by atoms with E-state index in [1.807, 2.05) is 30.3 Å². The molecule has 0 saturated heterocycles. The lowest BCUT2D eigenvalue weighted by atomic mass is 10.2. The Kier molecular flexibility index (Phi) is 3.59. The molecule has 120 valence electrons. The summed E-state index contributed by atoms with van der Waals surface area (Å²) >= 11 is 6.04. The smallest absolute Gasteiger partial charge is 0.299 e. The predicted molar refractivity (Wildman–Crippen MR) is 92.9 cm³/mol. The zero-order valence-electron chi connectivity index (χ0n) is 12.7. The first-order valence-corrected chi connectivity index (χ1v) is 7.60. The fourth-order valence-corrected chi connectivity index (χ4v) is 2.62. The van der Waals surface area contributed by atoms with Gasteiger partial charge in [-0.3, -0.25) is 5.10 Å². The topological polar surface area (TPSA) is 76.0 Å². The molecule has 2 heterocycles. The zero-order chi connectivity index (χ0) is 16.5. The van der Waals surface area contributed by atoms with Crippen LogP contribution in [-0.4, -0.2) is 22.3 Å². The Morgan fingerprint density at radius 3 is 2.96 bits per heavy atom. The number of benzene rings is 2. The van der Waals surface area contributed by atoms with Crippen LogP contribution in [-0.2, 0) is 0 Å². The van der Waals surface area contributed by atoms with Gasteiger partial charge in [0, 0.05) is 16.6 Å². The molecule has 0 radical (unpaired) electrons. The van der Waals surface area contributed by atoms with Crippen molar-refractivity contribution in [1.82, 2.24) is 15.2 Å². The highest BCUT2D eigenvalue weighted by atomic mass is 35.5. The lowest BCUT2D eigenvalue weighted by Crippen LogP contribution is -1.89. The first-order valence-electron chi connectivity index (χ1n) is 7.23. The number of H-pyrrole nitrogens is 1. The van der Waals surface area contributed by atoms with Crippen LogP contribution < -0.4 is 10.1 Å². The van der Waals surface area contributed by atoms with Crippen LogP contribution in [0.2, 0.25) is 5.02 Å². The first kappa shape index (κ1) is 14.6. The lowest BCUT2D eigenvalue weighted by molar-refractivity contribution is 0.415. The molecule has 0 aliphatic carbocycles. The maximum atomic E-state index is 6.04. The van der Waals surface area contributed by atoms with E-state index in [0.29, 0.717) is 22.5 Å². The Morgan fingerprint density at radius 1 is 1.17 bits per heavy atom. The van der Waals surface area contributed by atoms with Crippen molar-refractivity contribution >= 4 is 34.2 Å². The van der Waals surface area contributed by atoms with Gasteiger partial charge in [-0.1, -0.05) is 11.6 Å². The second kappa shape index (κ2) is 5.90. The number of methoxy groups -OCH3 is 1. The van der Waals surface area contributed by atoms with E-state index in [2.05, 4.69) is 20.5 Å². The fraction of sp³-hybridized carbons (Fsp3) is 0.0588. The summed E-state index contributed by atoms with van der Waals surface area (Å²) < 4.78 is 11.0. The van der Waals surface area contributed by atoms with Crippen molar-refractivity contribution in [2.24, 2.45) is 0 Å². The van der Waals surface area contributed by atoms with Crippen molar-refractivity contribution in [2.45, 2.75) is 0 Å². The van der Waals surface area contributed by atoms with Crippen molar-refractivity contribution in [2.75, 3.05) is 12.4 Å². The second-order valence-electron chi connectivity index (χ2n) is 5.18. The first-order chi connectivity index (χ1) is 11.7. The molecule has 4 rings (SSSR count). The Bertz CT molecular complexity index is 1010. The molecule has 6 nitrogen and oxygen atoms in total. The zero-order valence-corrected chi connectivity index (χ0v) is 13.5. The van der Waals surface area contributed by atoms with Crippen LogP contribution in [0.1, 0.15) is 0 Å². The molecule has 0 saturated carbocycles. The molecule has 0 unspecified atom stereocenters. The number of nitrogens with zero attached hydrogens (tertiary/aromatic N) is 2. The van der Waals surface area contributed by atoms with Gasteiger partial charge in [0.2, 0.25) is 0 Å². The van der Waals surface area contributed by atoms with E-state index < -0.39 is 0 Å². The number of hydrogen-bond acceptors (Lipinski definition) is 5. The highest BCUT2D eigenvalue weighted by Gasteiger charge is 2.10. The number of halogens is 1. The van der Waals surface area contributed by atoms with Crippen molar-refractivity contribution in [3.63, 3.8) is 0 Å². The van der Waals surface area contributed by atoms with E-state index >= 15 is 0 Å². The molecule has 0 atom stereocenters. The number of rotatable bonds is 4. The van der Waals surface area contributed by atoms with Gasteiger partial charge in [0.15, 0.2) is 5.76 Å². The summed E-state index contributed by atoms with van der Waals surface area (Å²) in [5.41, 5.74) is 2.68. The number of hydrogen-bond donors (Lipinski definition) is 2. The highest BCUT2D eigenvalue weighted by Crippen LogP contribution is 2.32. The van der Waals surface area contributed by atoms with Gasteiger partial charge in [0.1, 0.15) is 5.75 Å². The third-order valence-electron chi connectivity index (χ3n) is 3.63. The quantitative estimate of drug-likeness (QED) is 0.566. The van der Waals surface area contributed by atoms with Gasteiger partial charge < -0.3 is 14.5 Å². The van der Waals surface area contributed by atoms with E-state index in [9.17, 15) is 0 Å². The Hall–Kier alpha value is -2.99. The lowest BCUT2D eigenvalue weighted by Gasteiger charge is -2.04. The number of nitrogens with one attached hydrogen (secondary N) is 2. The van der Waals surface area contributed by atoms with E-state index in [-0.39, 0.29) is 0 Å². The van der Waals surface area contributed by atoms with E-state index in [1.165, 1.54) is 0 Å². The van der Waals surface area contributed by atoms with Gasteiger partial charge in [-0.25, -0.2) is 4.98 Å². The maximum Gasteiger partial charge on any atom is 0.299 e. The second-order valence-corrected chi connectivity index (χ2v) is 5.58. The SMILES string of the molecule is COc1cc(-c2cnc(Nc3ccc4[nH]ncc4c3)o2)ccc1Cl. The normalized spacial score (nSPS) is 10.9. The van der Waals surface area contributed by atoms with Crippen molar-refractivity contribution in [3.8, 4) is 17.1 Å². The molecule has 7 heteroatoms.